The van der Waals surface area contributed by atoms with Crippen molar-refractivity contribution < 1.29 is 22.4 Å². The number of nitrogens with zero attached hydrogens (tertiary/aromatic N) is 3. The minimum atomic E-state index is -4.21. The SMILES string of the molecule is O=C(Nc1ccnc(F)c1)N1CCCNc2ccc(C3CCCC(C(F)(F)F)C3)nc21. The maximum Gasteiger partial charge on any atom is 0.391 e. The number of nitrogens with one attached hydrogen (secondary N) is 2. The Bertz CT molecular complexity index is 952. The highest BCUT2D eigenvalue weighted by Crippen LogP contribution is 2.44. The smallest absolute Gasteiger partial charge is 0.382 e. The molecule has 6 nitrogen and oxygen atoms in total. The van der Waals surface area contributed by atoms with Gasteiger partial charge < -0.3 is 10.6 Å². The number of carbonyl (C=O) groups excluding carboxylic acids is 1. The van der Waals surface area contributed by atoms with E-state index in [9.17, 15) is 22.4 Å². The normalized spacial score (nSPS) is 21.6. The van der Waals surface area contributed by atoms with E-state index in [2.05, 4.69) is 20.6 Å². The lowest BCUT2D eigenvalue weighted by Crippen LogP contribution is -2.36. The van der Waals surface area contributed by atoms with Crippen LogP contribution in [0.2, 0.25) is 0 Å². The second kappa shape index (κ2) is 8.68. The lowest BCUT2D eigenvalue weighted by Gasteiger charge is -2.31. The first-order valence-corrected chi connectivity index (χ1v) is 10.3. The molecule has 2 aromatic rings. The summed E-state index contributed by atoms with van der Waals surface area (Å²) in [6.45, 7) is 0.993. The number of alkyl halides is 3. The molecule has 2 aromatic heterocycles. The van der Waals surface area contributed by atoms with Crippen molar-refractivity contribution >= 4 is 23.2 Å². The topological polar surface area (TPSA) is 70.2 Å². The van der Waals surface area contributed by atoms with Gasteiger partial charge in [0.25, 0.3) is 0 Å². The van der Waals surface area contributed by atoms with Crippen LogP contribution < -0.4 is 15.5 Å². The minimum Gasteiger partial charge on any atom is -0.382 e. The molecule has 1 fully saturated rings. The van der Waals surface area contributed by atoms with Gasteiger partial charge in [-0.1, -0.05) is 6.42 Å². The number of fused-ring (bicyclic) bond motifs is 1. The van der Waals surface area contributed by atoms with E-state index >= 15 is 0 Å². The van der Waals surface area contributed by atoms with Gasteiger partial charge in [-0.2, -0.15) is 17.6 Å². The lowest BCUT2D eigenvalue weighted by molar-refractivity contribution is -0.183. The van der Waals surface area contributed by atoms with Crippen molar-refractivity contribution in [2.45, 2.75) is 44.2 Å². The Morgan fingerprint density at radius 3 is 2.81 bits per heavy atom. The quantitative estimate of drug-likeness (QED) is 0.494. The van der Waals surface area contributed by atoms with Gasteiger partial charge in [0.05, 0.1) is 11.6 Å². The lowest BCUT2D eigenvalue weighted by atomic mass is 9.79. The second-order valence-electron chi connectivity index (χ2n) is 7.94. The number of hydrogen-bond acceptors (Lipinski definition) is 4. The van der Waals surface area contributed by atoms with Gasteiger partial charge >= 0.3 is 12.2 Å². The standard InChI is InChI=1S/C21H23F4N5O/c22-18-12-15(7-9-27-18)28-20(31)30-10-2-8-26-17-6-5-16(29-19(17)30)13-3-1-4-14(11-13)21(23,24)25/h5-7,9,12-14,26H,1-4,8,10-11H2,(H,27,28,31). The van der Waals surface area contributed by atoms with Crippen LogP contribution in [0.5, 0.6) is 0 Å². The molecule has 166 valence electrons. The number of pyridine rings is 2. The molecule has 2 unspecified atom stereocenters. The van der Waals surface area contributed by atoms with Crippen molar-refractivity contribution in [3.05, 3.63) is 42.1 Å². The molecule has 1 aliphatic heterocycles. The summed E-state index contributed by atoms with van der Waals surface area (Å²) in [5.74, 6) is -1.98. The van der Waals surface area contributed by atoms with Crippen molar-refractivity contribution in [3.8, 4) is 0 Å². The van der Waals surface area contributed by atoms with Crippen LogP contribution in [-0.2, 0) is 0 Å². The van der Waals surface area contributed by atoms with Crippen molar-refractivity contribution in [3.63, 3.8) is 0 Å². The highest BCUT2D eigenvalue weighted by Gasteiger charge is 2.42. The highest BCUT2D eigenvalue weighted by atomic mass is 19.4. The van der Waals surface area contributed by atoms with Crippen molar-refractivity contribution in [1.82, 2.24) is 9.97 Å². The summed E-state index contributed by atoms with van der Waals surface area (Å²) in [4.78, 5) is 22.5. The summed E-state index contributed by atoms with van der Waals surface area (Å²) in [6, 6.07) is 5.61. The summed E-state index contributed by atoms with van der Waals surface area (Å²) in [7, 11) is 0. The zero-order valence-electron chi connectivity index (χ0n) is 16.8. The summed E-state index contributed by atoms with van der Waals surface area (Å²) in [5.41, 5.74) is 1.46. The molecule has 2 aliphatic rings. The maximum absolute atomic E-state index is 13.4. The Labute approximate surface area is 177 Å². The molecule has 0 bridgehead atoms. The number of rotatable bonds is 2. The van der Waals surface area contributed by atoms with Gasteiger partial charge in [0.1, 0.15) is 0 Å². The van der Waals surface area contributed by atoms with Gasteiger partial charge in [-0.25, -0.2) is 14.8 Å². The number of anilines is 3. The van der Waals surface area contributed by atoms with E-state index in [1.807, 2.05) is 0 Å². The van der Waals surface area contributed by atoms with Crippen LogP contribution in [0.1, 0.15) is 43.7 Å². The monoisotopic (exact) mass is 437 g/mol. The maximum atomic E-state index is 13.4. The van der Waals surface area contributed by atoms with E-state index in [-0.39, 0.29) is 24.4 Å². The van der Waals surface area contributed by atoms with Gasteiger partial charge in [0, 0.05) is 42.7 Å². The Hall–Kier alpha value is -2.91. The van der Waals surface area contributed by atoms with E-state index < -0.39 is 24.1 Å². The average molecular weight is 437 g/mol. The van der Waals surface area contributed by atoms with Crippen LogP contribution in [0.15, 0.2) is 30.5 Å². The summed E-state index contributed by atoms with van der Waals surface area (Å²) < 4.78 is 53.1. The third-order valence-electron chi connectivity index (χ3n) is 5.80. The summed E-state index contributed by atoms with van der Waals surface area (Å²) in [6.07, 6.45) is -1.03. The molecule has 1 saturated carbocycles. The third-order valence-corrected chi connectivity index (χ3v) is 5.80. The Morgan fingerprint density at radius 2 is 2.03 bits per heavy atom. The van der Waals surface area contributed by atoms with Gasteiger partial charge in [-0.05, 0) is 43.9 Å². The fourth-order valence-corrected chi connectivity index (χ4v) is 4.22. The molecule has 0 saturated heterocycles. The zero-order valence-corrected chi connectivity index (χ0v) is 16.8. The molecule has 0 aromatic carbocycles. The van der Waals surface area contributed by atoms with Crippen molar-refractivity contribution in [2.24, 2.45) is 5.92 Å². The second-order valence-corrected chi connectivity index (χ2v) is 7.94. The van der Waals surface area contributed by atoms with Crippen LogP contribution in [0.25, 0.3) is 0 Å². The molecule has 4 rings (SSSR count). The number of urea groups is 1. The van der Waals surface area contributed by atoms with Crippen LogP contribution in [-0.4, -0.2) is 35.3 Å². The Morgan fingerprint density at radius 1 is 1.19 bits per heavy atom. The molecule has 31 heavy (non-hydrogen) atoms. The molecule has 0 spiro atoms. The van der Waals surface area contributed by atoms with E-state index in [0.29, 0.717) is 49.6 Å². The van der Waals surface area contributed by atoms with E-state index in [0.717, 1.165) is 6.07 Å². The van der Waals surface area contributed by atoms with Crippen molar-refractivity contribution in [1.29, 1.82) is 0 Å². The number of carbonyl (C=O) groups is 1. The first-order valence-electron chi connectivity index (χ1n) is 10.3. The van der Waals surface area contributed by atoms with Crippen LogP contribution in [0, 0.1) is 11.9 Å². The first-order chi connectivity index (χ1) is 14.8. The predicted molar refractivity (Wildman–Crippen MR) is 109 cm³/mol. The van der Waals surface area contributed by atoms with E-state index in [4.69, 9.17) is 0 Å². The van der Waals surface area contributed by atoms with E-state index in [1.54, 1.807) is 12.1 Å². The van der Waals surface area contributed by atoms with Gasteiger partial charge in [0.2, 0.25) is 5.95 Å². The fourth-order valence-electron chi connectivity index (χ4n) is 4.22. The number of amides is 2. The minimum absolute atomic E-state index is 0.00516. The van der Waals surface area contributed by atoms with Gasteiger partial charge in [0.15, 0.2) is 5.82 Å². The Balaban J connectivity index is 1.59. The average Bonchev–Trinajstić information content (AvgIpc) is 2.95. The number of hydrogen-bond donors (Lipinski definition) is 2. The molecule has 2 atom stereocenters. The van der Waals surface area contributed by atoms with Crippen LogP contribution >= 0.6 is 0 Å². The largest absolute Gasteiger partial charge is 0.391 e. The molecular formula is C21H23F4N5O. The van der Waals surface area contributed by atoms with Crippen LogP contribution in [0.3, 0.4) is 0 Å². The molecule has 1 aliphatic carbocycles. The third kappa shape index (κ3) is 4.88. The molecule has 2 amide bonds. The van der Waals surface area contributed by atoms with Gasteiger partial charge in [-0.15, -0.1) is 0 Å². The van der Waals surface area contributed by atoms with Crippen molar-refractivity contribution in [2.75, 3.05) is 28.6 Å². The molecular weight excluding hydrogens is 414 g/mol. The Kier molecular flexibility index (Phi) is 5.97. The van der Waals surface area contributed by atoms with Crippen LogP contribution in [0.4, 0.5) is 39.5 Å². The number of halogens is 4. The first kappa shape index (κ1) is 21.3. The molecule has 10 heteroatoms. The zero-order chi connectivity index (χ0) is 22.0. The molecule has 2 N–H and O–H groups in total. The fraction of sp³-hybridized carbons (Fsp3) is 0.476. The number of aromatic nitrogens is 2. The predicted octanol–water partition coefficient (Wildman–Crippen LogP) is 5.31. The van der Waals surface area contributed by atoms with E-state index in [1.165, 1.54) is 17.2 Å². The van der Waals surface area contributed by atoms with Gasteiger partial charge in [-0.3, -0.25) is 4.90 Å². The highest BCUT2D eigenvalue weighted by molar-refractivity contribution is 6.03. The summed E-state index contributed by atoms with van der Waals surface area (Å²) in [5, 5.41) is 5.85. The molecule has 0 radical (unpaired) electrons. The molecule has 3 heterocycles. The summed E-state index contributed by atoms with van der Waals surface area (Å²) >= 11 is 0.